The Balaban J connectivity index is 1.97. The van der Waals surface area contributed by atoms with Gasteiger partial charge in [-0.05, 0) is 30.3 Å². The minimum absolute atomic E-state index is 0.360. The van der Waals surface area contributed by atoms with E-state index in [4.69, 9.17) is 11.6 Å². The van der Waals surface area contributed by atoms with Gasteiger partial charge in [0.25, 0.3) is 0 Å². The van der Waals surface area contributed by atoms with Gasteiger partial charge in [0.05, 0.1) is 5.69 Å². The fourth-order valence-corrected chi connectivity index (χ4v) is 1.65. The molecule has 0 aliphatic rings. The quantitative estimate of drug-likeness (QED) is 0.707. The summed E-state index contributed by atoms with van der Waals surface area (Å²) in [7, 11) is 0. The topological polar surface area (TPSA) is 56.5 Å². The third-order valence-corrected chi connectivity index (χ3v) is 2.60. The van der Waals surface area contributed by atoms with E-state index in [1.54, 1.807) is 29.2 Å². The van der Waals surface area contributed by atoms with Crippen LogP contribution >= 0.6 is 11.6 Å². The Kier molecular flexibility index (Phi) is 2.74. The van der Waals surface area contributed by atoms with Crippen molar-refractivity contribution in [1.29, 1.82) is 0 Å². The van der Waals surface area contributed by atoms with Crippen LogP contribution in [0.4, 0.5) is 0 Å². The molecule has 3 aromatic rings. The van der Waals surface area contributed by atoms with Crippen LogP contribution < -0.4 is 0 Å². The van der Waals surface area contributed by atoms with Gasteiger partial charge < -0.3 is 0 Å². The van der Waals surface area contributed by atoms with Crippen molar-refractivity contribution in [2.75, 3.05) is 0 Å². The first-order chi connectivity index (χ1) is 8.83. The SMILES string of the molecule is Clc1ccc(-n2ccc(-c3cccnc3)n2)nn1. The second kappa shape index (κ2) is 4.54. The van der Waals surface area contributed by atoms with Crippen molar-refractivity contribution in [1.82, 2.24) is 25.0 Å². The summed E-state index contributed by atoms with van der Waals surface area (Å²) in [6.07, 6.45) is 5.31. The highest BCUT2D eigenvalue weighted by Gasteiger charge is 2.04. The first-order valence-electron chi connectivity index (χ1n) is 5.28. The standard InChI is InChI=1S/C12H8ClN5/c13-11-3-4-12(16-15-11)18-7-5-10(17-18)9-2-1-6-14-8-9/h1-8H. The van der Waals surface area contributed by atoms with Gasteiger partial charge in [-0.15, -0.1) is 10.2 Å². The Labute approximate surface area is 108 Å². The maximum atomic E-state index is 5.69. The molecule has 0 aromatic carbocycles. The van der Waals surface area contributed by atoms with Crippen LogP contribution in [0.2, 0.25) is 5.15 Å². The van der Waals surface area contributed by atoms with Crippen molar-refractivity contribution >= 4 is 11.6 Å². The molecule has 88 valence electrons. The molecule has 0 spiro atoms. The average Bonchev–Trinajstić information content (AvgIpc) is 2.90. The van der Waals surface area contributed by atoms with Gasteiger partial charge in [0.2, 0.25) is 0 Å². The van der Waals surface area contributed by atoms with E-state index < -0.39 is 0 Å². The van der Waals surface area contributed by atoms with Crippen LogP contribution in [0.5, 0.6) is 0 Å². The van der Waals surface area contributed by atoms with Crippen LogP contribution in [0.1, 0.15) is 0 Å². The molecule has 0 amide bonds. The van der Waals surface area contributed by atoms with Crippen molar-refractivity contribution in [2.45, 2.75) is 0 Å². The van der Waals surface area contributed by atoms with Gasteiger partial charge in [-0.1, -0.05) is 11.6 Å². The molecule has 5 nitrogen and oxygen atoms in total. The van der Waals surface area contributed by atoms with Crippen molar-refractivity contribution in [3.63, 3.8) is 0 Å². The van der Waals surface area contributed by atoms with Gasteiger partial charge in [-0.25, -0.2) is 4.68 Å². The third kappa shape index (κ3) is 2.08. The predicted molar refractivity (Wildman–Crippen MR) is 67.4 cm³/mol. The maximum Gasteiger partial charge on any atom is 0.175 e. The molecule has 0 radical (unpaired) electrons. The predicted octanol–water partition coefficient (Wildman–Crippen LogP) is 2.38. The molecule has 3 aromatic heterocycles. The zero-order valence-corrected chi connectivity index (χ0v) is 9.99. The van der Waals surface area contributed by atoms with Crippen LogP contribution in [0.15, 0.2) is 48.9 Å². The molecule has 0 saturated carbocycles. The molecule has 0 bridgehead atoms. The molecule has 0 aliphatic carbocycles. The van der Waals surface area contributed by atoms with Gasteiger partial charge in [-0.3, -0.25) is 4.98 Å². The van der Waals surface area contributed by atoms with Gasteiger partial charge in [0.1, 0.15) is 0 Å². The average molecular weight is 258 g/mol. The maximum absolute atomic E-state index is 5.69. The summed E-state index contributed by atoms with van der Waals surface area (Å²) in [5, 5.41) is 12.5. The summed E-state index contributed by atoms with van der Waals surface area (Å²) in [6.45, 7) is 0. The molecular weight excluding hydrogens is 250 g/mol. The highest BCUT2D eigenvalue weighted by Crippen LogP contribution is 2.16. The second-order valence-corrected chi connectivity index (χ2v) is 3.99. The van der Waals surface area contributed by atoms with Crippen LogP contribution in [-0.2, 0) is 0 Å². The molecule has 18 heavy (non-hydrogen) atoms. The number of nitrogens with zero attached hydrogens (tertiary/aromatic N) is 5. The van der Waals surface area contributed by atoms with Crippen LogP contribution in [0.3, 0.4) is 0 Å². The monoisotopic (exact) mass is 257 g/mol. The molecular formula is C12H8ClN5. The van der Waals surface area contributed by atoms with E-state index >= 15 is 0 Å². The van der Waals surface area contributed by atoms with Gasteiger partial charge in [0, 0.05) is 24.2 Å². The summed E-state index contributed by atoms with van der Waals surface area (Å²) < 4.78 is 1.64. The third-order valence-electron chi connectivity index (χ3n) is 2.40. The lowest BCUT2D eigenvalue weighted by Gasteiger charge is -1.98. The van der Waals surface area contributed by atoms with Crippen LogP contribution in [0.25, 0.3) is 17.1 Å². The summed E-state index contributed by atoms with van der Waals surface area (Å²) in [5.74, 6) is 0.620. The Morgan fingerprint density at radius 2 is 2.00 bits per heavy atom. The van der Waals surface area contributed by atoms with E-state index in [1.807, 2.05) is 24.4 Å². The van der Waals surface area contributed by atoms with E-state index in [0.29, 0.717) is 11.0 Å². The molecule has 0 fully saturated rings. The Hall–Kier alpha value is -2.27. The molecule has 3 heterocycles. The van der Waals surface area contributed by atoms with E-state index in [0.717, 1.165) is 11.3 Å². The highest BCUT2D eigenvalue weighted by atomic mass is 35.5. The molecule has 0 atom stereocenters. The Morgan fingerprint density at radius 3 is 2.72 bits per heavy atom. The summed E-state index contributed by atoms with van der Waals surface area (Å²) >= 11 is 5.69. The second-order valence-electron chi connectivity index (χ2n) is 3.60. The van der Waals surface area contributed by atoms with E-state index in [1.165, 1.54) is 0 Å². The zero-order valence-electron chi connectivity index (χ0n) is 9.23. The lowest BCUT2D eigenvalue weighted by molar-refractivity contribution is 0.817. The fraction of sp³-hybridized carbons (Fsp3) is 0. The van der Waals surface area contributed by atoms with E-state index in [-0.39, 0.29) is 0 Å². The van der Waals surface area contributed by atoms with Crippen molar-refractivity contribution < 1.29 is 0 Å². The first kappa shape index (κ1) is 10.9. The molecule has 0 saturated heterocycles. The number of pyridine rings is 1. The van der Waals surface area contributed by atoms with Gasteiger partial charge >= 0.3 is 0 Å². The van der Waals surface area contributed by atoms with Crippen molar-refractivity contribution in [3.8, 4) is 17.1 Å². The zero-order chi connectivity index (χ0) is 12.4. The summed E-state index contributed by atoms with van der Waals surface area (Å²) in [6, 6.07) is 9.15. The molecule has 0 unspecified atom stereocenters. The Morgan fingerprint density at radius 1 is 1.06 bits per heavy atom. The van der Waals surface area contributed by atoms with Crippen molar-refractivity contribution in [3.05, 3.63) is 54.1 Å². The van der Waals surface area contributed by atoms with Gasteiger partial charge in [-0.2, -0.15) is 5.10 Å². The largest absolute Gasteiger partial charge is 0.264 e. The first-order valence-corrected chi connectivity index (χ1v) is 5.66. The molecule has 6 heteroatoms. The molecule has 3 rings (SSSR count). The van der Waals surface area contributed by atoms with Crippen molar-refractivity contribution in [2.24, 2.45) is 0 Å². The highest BCUT2D eigenvalue weighted by molar-refractivity contribution is 6.29. The number of halogens is 1. The minimum atomic E-state index is 0.360. The summed E-state index contributed by atoms with van der Waals surface area (Å²) in [5.41, 5.74) is 1.79. The number of hydrogen-bond acceptors (Lipinski definition) is 4. The number of hydrogen-bond donors (Lipinski definition) is 0. The summed E-state index contributed by atoms with van der Waals surface area (Å²) in [4.78, 5) is 4.06. The lowest BCUT2D eigenvalue weighted by atomic mass is 10.2. The minimum Gasteiger partial charge on any atom is -0.264 e. The molecule has 0 aliphatic heterocycles. The van der Waals surface area contributed by atoms with E-state index in [2.05, 4.69) is 20.3 Å². The van der Waals surface area contributed by atoms with E-state index in [9.17, 15) is 0 Å². The normalized spacial score (nSPS) is 10.5. The molecule has 0 N–H and O–H groups in total. The van der Waals surface area contributed by atoms with Gasteiger partial charge in [0.15, 0.2) is 11.0 Å². The smallest absolute Gasteiger partial charge is 0.175 e. The number of rotatable bonds is 2. The lowest BCUT2D eigenvalue weighted by Crippen LogP contribution is -1.99. The van der Waals surface area contributed by atoms with Crippen LogP contribution in [-0.4, -0.2) is 25.0 Å². The Bertz CT molecular complexity index is 648. The number of aromatic nitrogens is 5. The fourth-order valence-electron chi connectivity index (χ4n) is 1.55. The van der Waals surface area contributed by atoms with Crippen LogP contribution in [0, 0.1) is 0 Å².